The van der Waals surface area contributed by atoms with Gasteiger partial charge in [-0.1, -0.05) is 18.9 Å². The summed E-state index contributed by atoms with van der Waals surface area (Å²) in [5, 5.41) is 5.93. The molecule has 0 aromatic carbocycles. The monoisotopic (exact) mass is 488 g/mol. The third-order valence-electron chi connectivity index (χ3n) is 6.52. The second-order valence-electron chi connectivity index (χ2n) is 8.08. The SMILES string of the molecule is CN=C(NCC(c1cccs1)N1CCCC1)N1CCC2(CCCC2)C1.I. The summed E-state index contributed by atoms with van der Waals surface area (Å²) >= 11 is 1.89. The fraction of sp³-hybridized carbons (Fsp3) is 0.750. The van der Waals surface area contributed by atoms with Crippen LogP contribution in [0.4, 0.5) is 0 Å². The van der Waals surface area contributed by atoms with E-state index in [0.717, 1.165) is 12.5 Å². The third kappa shape index (κ3) is 4.38. The molecule has 1 atom stereocenters. The zero-order valence-electron chi connectivity index (χ0n) is 16.0. The van der Waals surface area contributed by atoms with Crippen LogP contribution in [0.15, 0.2) is 22.5 Å². The van der Waals surface area contributed by atoms with Gasteiger partial charge in [-0.25, -0.2) is 0 Å². The molecule has 3 heterocycles. The minimum absolute atomic E-state index is 0. The van der Waals surface area contributed by atoms with Gasteiger partial charge >= 0.3 is 0 Å². The van der Waals surface area contributed by atoms with E-state index >= 15 is 0 Å². The molecule has 1 aromatic rings. The molecule has 4 rings (SSSR count). The average molecular weight is 488 g/mol. The van der Waals surface area contributed by atoms with Gasteiger partial charge in [-0.3, -0.25) is 9.89 Å². The number of guanidine groups is 1. The van der Waals surface area contributed by atoms with Crippen molar-refractivity contribution in [2.24, 2.45) is 10.4 Å². The van der Waals surface area contributed by atoms with E-state index in [0.29, 0.717) is 11.5 Å². The number of hydrogen-bond donors (Lipinski definition) is 1. The summed E-state index contributed by atoms with van der Waals surface area (Å²) in [6.45, 7) is 5.81. The Hall–Kier alpha value is -0.340. The predicted molar refractivity (Wildman–Crippen MR) is 122 cm³/mol. The number of likely N-dealkylation sites (tertiary alicyclic amines) is 2. The Kier molecular flexibility index (Phi) is 7.25. The van der Waals surface area contributed by atoms with Crippen molar-refractivity contribution in [3.63, 3.8) is 0 Å². The summed E-state index contributed by atoms with van der Waals surface area (Å²) in [7, 11) is 1.94. The van der Waals surface area contributed by atoms with E-state index in [2.05, 4.69) is 37.6 Å². The lowest BCUT2D eigenvalue weighted by Gasteiger charge is -2.30. The van der Waals surface area contributed by atoms with Crippen LogP contribution in [0.1, 0.15) is 55.9 Å². The second-order valence-corrected chi connectivity index (χ2v) is 9.06. The van der Waals surface area contributed by atoms with Gasteiger partial charge in [0.1, 0.15) is 0 Å². The highest BCUT2D eigenvalue weighted by Gasteiger charge is 2.41. The van der Waals surface area contributed by atoms with E-state index in [1.165, 1.54) is 76.0 Å². The van der Waals surface area contributed by atoms with Crippen LogP contribution in [0.5, 0.6) is 0 Å². The van der Waals surface area contributed by atoms with E-state index in [1.807, 2.05) is 18.4 Å². The highest BCUT2D eigenvalue weighted by molar-refractivity contribution is 14.0. The minimum Gasteiger partial charge on any atom is -0.354 e. The first-order valence-corrected chi connectivity index (χ1v) is 10.9. The van der Waals surface area contributed by atoms with Crippen LogP contribution in [-0.4, -0.2) is 55.5 Å². The maximum absolute atomic E-state index is 4.62. The molecule has 0 radical (unpaired) electrons. The third-order valence-corrected chi connectivity index (χ3v) is 7.49. The lowest BCUT2D eigenvalue weighted by atomic mass is 9.86. The van der Waals surface area contributed by atoms with Gasteiger partial charge in [-0.15, -0.1) is 35.3 Å². The topological polar surface area (TPSA) is 30.9 Å². The molecule has 3 fully saturated rings. The van der Waals surface area contributed by atoms with Crippen molar-refractivity contribution in [1.82, 2.24) is 15.1 Å². The van der Waals surface area contributed by atoms with E-state index in [1.54, 1.807) is 0 Å². The largest absolute Gasteiger partial charge is 0.354 e. The van der Waals surface area contributed by atoms with Gasteiger partial charge in [0.2, 0.25) is 0 Å². The average Bonchev–Trinajstić information content (AvgIpc) is 3.42. The summed E-state index contributed by atoms with van der Waals surface area (Å²) in [6, 6.07) is 4.96. The fourth-order valence-electron chi connectivity index (χ4n) is 5.11. The first-order valence-electron chi connectivity index (χ1n) is 10.0. The molecule has 2 saturated heterocycles. The molecule has 1 N–H and O–H groups in total. The zero-order valence-corrected chi connectivity index (χ0v) is 19.1. The smallest absolute Gasteiger partial charge is 0.193 e. The summed E-state index contributed by atoms with van der Waals surface area (Å²) in [4.78, 5) is 11.3. The van der Waals surface area contributed by atoms with Gasteiger partial charge in [0, 0.05) is 31.6 Å². The first-order chi connectivity index (χ1) is 12.3. The van der Waals surface area contributed by atoms with E-state index < -0.39 is 0 Å². The molecule has 1 aliphatic carbocycles. The van der Waals surface area contributed by atoms with Crippen LogP contribution in [0.25, 0.3) is 0 Å². The van der Waals surface area contributed by atoms with Crippen LogP contribution in [0.3, 0.4) is 0 Å². The Morgan fingerprint density at radius 2 is 1.96 bits per heavy atom. The van der Waals surface area contributed by atoms with Gasteiger partial charge in [0.15, 0.2) is 5.96 Å². The van der Waals surface area contributed by atoms with Gasteiger partial charge in [0.05, 0.1) is 6.04 Å². The maximum atomic E-state index is 4.62. The highest BCUT2D eigenvalue weighted by atomic mass is 127. The standard InChI is InChI=1S/C20H32N4S.HI/c1-21-19(24-13-10-20(16-24)8-2-3-9-20)22-15-17(18-7-6-14-25-18)23-11-4-5-12-23;/h6-7,14,17H,2-5,8-13,15-16H2,1H3,(H,21,22);1H. The normalized spacial score (nSPS) is 24.2. The number of rotatable bonds is 4. The first kappa shape index (κ1) is 20.4. The Balaban J connectivity index is 0.00000196. The molecule has 1 aromatic heterocycles. The van der Waals surface area contributed by atoms with Gasteiger partial charge in [-0.05, 0) is 62.1 Å². The molecular formula is C20H33IN4S. The molecule has 6 heteroatoms. The molecule has 2 aliphatic heterocycles. The number of hydrogen-bond acceptors (Lipinski definition) is 3. The van der Waals surface area contributed by atoms with Crippen LogP contribution in [0, 0.1) is 5.41 Å². The van der Waals surface area contributed by atoms with Crippen molar-refractivity contribution in [1.29, 1.82) is 0 Å². The number of halogens is 1. The number of thiophene rings is 1. The fourth-order valence-corrected chi connectivity index (χ4v) is 5.97. The molecule has 0 amide bonds. The van der Waals surface area contributed by atoms with E-state index in [9.17, 15) is 0 Å². The Morgan fingerprint density at radius 1 is 1.19 bits per heavy atom. The van der Waals surface area contributed by atoms with Gasteiger partial charge < -0.3 is 10.2 Å². The Morgan fingerprint density at radius 3 is 2.62 bits per heavy atom. The van der Waals surface area contributed by atoms with Crippen molar-refractivity contribution < 1.29 is 0 Å². The highest BCUT2D eigenvalue weighted by Crippen LogP contribution is 2.45. The Labute approximate surface area is 179 Å². The minimum atomic E-state index is 0. The molecule has 1 spiro atoms. The number of nitrogens with zero attached hydrogens (tertiary/aromatic N) is 3. The van der Waals surface area contributed by atoms with Crippen molar-refractivity contribution >= 4 is 41.3 Å². The van der Waals surface area contributed by atoms with Crippen molar-refractivity contribution in [2.45, 2.75) is 51.0 Å². The molecule has 4 nitrogen and oxygen atoms in total. The lowest BCUT2D eigenvalue weighted by Crippen LogP contribution is -2.44. The van der Waals surface area contributed by atoms with Crippen LogP contribution in [-0.2, 0) is 0 Å². The van der Waals surface area contributed by atoms with Gasteiger partial charge in [0.25, 0.3) is 0 Å². The summed E-state index contributed by atoms with van der Waals surface area (Å²) < 4.78 is 0. The van der Waals surface area contributed by atoms with Crippen LogP contribution < -0.4 is 5.32 Å². The van der Waals surface area contributed by atoms with E-state index in [-0.39, 0.29) is 24.0 Å². The van der Waals surface area contributed by atoms with Crippen molar-refractivity contribution in [3.05, 3.63) is 22.4 Å². The molecule has 26 heavy (non-hydrogen) atoms. The Bertz CT molecular complexity index is 577. The predicted octanol–water partition coefficient (Wildman–Crippen LogP) is 4.34. The van der Waals surface area contributed by atoms with E-state index in [4.69, 9.17) is 0 Å². The molecule has 0 bridgehead atoms. The lowest BCUT2D eigenvalue weighted by molar-refractivity contribution is 0.246. The molecule has 1 unspecified atom stereocenters. The van der Waals surface area contributed by atoms with Gasteiger partial charge in [-0.2, -0.15) is 0 Å². The maximum Gasteiger partial charge on any atom is 0.193 e. The number of nitrogens with one attached hydrogen (secondary N) is 1. The summed E-state index contributed by atoms with van der Waals surface area (Å²) in [5.41, 5.74) is 0.597. The molecular weight excluding hydrogens is 455 g/mol. The molecule has 146 valence electrons. The number of aliphatic imine (C=N–C) groups is 1. The molecule has 1 saturated carbocycles. The van der Waals surface area contributed by atoms with Crippen molar-refractivity contribution in [3.8, 4) is 0 Å². The summed E-state index contributed by atoms with van der Waals surface area (Å²) in [6.07, 6.45) is 9.73. The second kappa shape index (κ2) is 9.24. The van der Waals surface area contributed by atoms with Crippen LogP contribution in [0.2, 0.25) is 0 Å². The molecule has 3 aliphatic rings. The van der Waals surface area contributed by atoms with Crippen molar-refractivity contribution in [2.75, 3.05) is 39.8 Å². The quantitative estimate of drug-likeness (QED) is 0.389. The van der Waals surface area contributed by atoms with Crippen LogP contribution >= 0.6 is 35.3 Å². The summed E-state index contributed by atoms with van der Waals surface area (Å²) in [5.74, 6) is 1.12. The zero-order chi connectivity index (χ0) is 17.1.